The van der Waals surface area contributed by atoms with E-state index in [4.69, 9.17) is 19.9 Å². The second-order valence-electron chi connectivity index (χ2n) is 6.70. The first-order valence-corrected chi connectivity index (χ1v) is 8.77. The van der Waals surface area contributed by atoms with Crippen LogP contribution in [0.2, 0.25) is 0 Å². The molecule has 4 rings (SSSR count). The first kappa shape index (κ1) is 16.2. The predicted octanol–water partition coefficient (Wildman–Crippen LogP) is 2.60. The van der Waals surface area contributed by atoms with E-state index in [-0.39, 0.29) is 0 Å². The van der Waals surface area contributed by atoms with Crippen molar-refractivity contribution in [1.29, 1.82) is 0 Å². The molecule has 0 bridgehead atoms. The van der Waals surface area contributed by atoms with E-state index in [1.807, 2.05) is 12.1 Å². The second kappa shape index (κ2) is 6.55. The third-order valence-corrected chi connectivity index (χ3v) is 5.33. The van der Waals surface area contributed by atoms with Gasteiger partial charge in [0.15, 0.2) is 11.5 Å². The molecule has 3 unspecified atom stereocenters. The van der Waals surface area contributed by atoms with E-state index >= 15 is 0 Å². The molecular weight excluding hydrogens is 320 g/mol. The average Bonchev–Trinajstić information content (AvgIpc) is 3.10. The van der Waals surface area contributed by atoms with Crippen molar-refractivity contribution in [3.8, 4) is 11.5 Å². The van der Waals surface area contributed by atoms with Crippen LogP contribution in [0.25, 0.3) is 10.9 Å². The lowest BCUT2D eigenvalue weighted by Gasteiger charge is -2.33. The number of nitrogens with two attached hydrogens (primary N) is 1. The van der Waals surface area contributed by atoms with Crippen LogP contribution in [-0.2, 0) is 4.74 Å². The normalized spacial score (nSPS) is 25.6. The fourth-order valence-electron chi connectivity index (χ4n) is 4.06. The third kappa shape index (κ3) is 2.93. The Kier molecular flexibility index (Phi) is 4.25. The van der Waals surface area contributed by atoms with Gasteiger partial charge in [-0.3, -0.25) is 0 Å². The number of nitrogens with one attached hydrogen (secondary N) is 1. The van der Waals surface area contributed by atoms with Crippen LogP contribution in [0.15, 0.2) is 12.1 Å². The Balaban J connectivity index is 1.66. The molecule has 7 heteroatoms. The van der Waals surface area contributed by atoms with E-state index in [0.717, 1.165) is 43.2 Å². The summed E-state index contributed by atoms with van der Waals surface area (Å²) in [6.07, 6.45) is 4.88. The average molecular weight is 344 g/mol. The monoisotopic (exact) mass is 344 g/mol. The van der Waals surface area contributed by atoms with Crippen LogP contribution in [0.1, 0.15) is 25.7 Å². The molecule has 0 spiro atoms. The summed E-state index contributed by atoms with van der Waals surface area (Å²) in [4.78, 5) is 9.11. The maximum atomic E-state index is 6.17. The molecule has 2 aromatic rings. The number of rotatable bonds is 4. The van der Waals surface area contributed by atoms with Gasteiger partial charge >= 0.3 is 0 Å². The molecule has 1 aliphatic carbocycles. The van der Waals surface area contributed by atoms with Crippen molar-refractivity contribution >= 4 is 22.7 Å². The number of fused-ring (bicyclic) bond motifs is 2. The van der Waals surface area contributed by atoms with Crippen molar-refractivity contribution in [3.05, 3.63) is 12.1 Å². The molecule has 25 heavy (non-hydrogen) atoms. The molecule has 1 aromatic carbocycles. The lowest BCUT2D eigenvalue weighted by atomic mass is 9.82. The molecule has 1 aliphatic heterocycles. The zero-order chi connectivity index (χ0) is 17.4. The van der Waals surface area contributed by atoms with Gasteiger partial charge in [-0.25, -0.2) is 4.98 Å². The van der Waals surface area contributed by atoms with Crippen molar-refractivity contribution in [2.75, 3.05) is 31.9 Å². The smallest absolute Gasteiger partial charge is 0.225 e. The highest BCUT2D eigenvalue weighted by Crippen LogP contribution is 2.37. The molecular formula is C18H24N4O3. The number of hydrogen-bond acceptors (Lipinski definition) is 7. The van der Waals surface area contributed by atoms with E-state index in [9.17, 15) is 0 Å². The molecule has 2 aliphatic rings. The van der Waals surface area contributed by atoms with Crippen molar-refractivity contribution in [1.82, 2.24) is 9.97 Å². The van der Waals surface area contributed by atoms with Gasteiger partial charge in [0, 0.05) is 30.0 Å². The maximum absolute atomic E-state index is 6.17. The van der Waals surface area contributed by atoms with Crippen molar-refractivity contribution in [2.45, 2.75) is 37.8 Å². The largest absolute Gasteiger partial charge is 0.493 e. The van der Waals surface area contributed by atoms with Gasteiger partial charge in [-0.05, 0) is 31.7 Å². The highest BCUT2D eigenvalue weighted by atomic mass is 16.5. The van der Waals surface area contributed by atoms with Gasteiger partial charge in [0.05, 0.1) is 25.8 Å². The summed E-state index contributed by atoms with van der Waals surface area (Å²) >= 11 is 0. The summed E-state index contributed by atoms with van der Waals surface area (Å²) in [7, 11) is 3.20. The minimum atomic E-state index is 0.332. The van der Waals surface area contributed by atoms with Gasteiger partial charge in [0.2, 0.25) is 5.95 Å². The van der Waals surface area contributed by atoms with Crippen molar-refractivity contribution in [2.24, 2.45) is 5.92 Å². The number of ether oxygens (including phenoxy) is 3. The zero-order valence-electron chi connectivity index (χ0n) is 14.6. The Morgan fingerprint density at radius 3 is 2.72 bits per heavy atom. The summed E-state index contributed by atoms with van der Waals surface area (Å²) in [5.74, 6) is 2.77. The highest BCUT2D eigenvalue weighted by molar-refractivity contribution is 5.91. The quantitative estimate of drug-likeness (QED) is 0.881. The first-order chi connectivity index (χ1) is 12.2. The fourth-order valence-corrected chi connectivity index (χ4v) is 4.06. The van der Waals surface area contributed by atoms with E-state index in [1.165, 1.54) is 0 Å². The number of aromatic nitrogens is 2. The zero-order valence-corrected chi connectivity index (χ0v) is 14.6. The number of methoxy groups -OCH3 is 2. The lowest BCUT2D eigenvalue weighted by molar-refractivity contribution is 0.0619. The number of nitrogen functional groups attached to an aromatic ring is 1. The molecule has 0 radical (unpaired) electrons. The van der Waals surface area contributed by atoms with E-state index in [0.29, 0.717) is 41.3 Å². The van der Waals surface area contributed by atoms with Gasteiger partial charge in [-0.15, -0.1) is 0 Å². The molecule has 3 N–H and O–H groups in total. The molecule has 2 heterocycles. The van der Waals surface area contributed by atoms with E-state index in [1.54, 1.807) is 14.2 Å². The van der Waals surface area contributed by atoms with Gasteiger partial charge < -0.3 is 25.3 Å². The highest BCUT2D eigenvalue weighted by Gasteiger charge is 2.37. The topological polar surface area (TPSA) is 91.5 Å². The van der Waals surface area contributed by atoms with Crippen LogP contribution < -0.4 is 20.5 Å². The molecule has 1 aromatic heterocycles. The Hall–Kier alpha value is -2.28. The Morgan fingerprint density at radius 1 is 1.12 bits per heavy atom. The Morgan fingerprint density at radius 2 is 1.92 bits per heavy atom. The van der Waals surface area contributed by atoms with Gasteiger partial charge in [-0.2, -0.15) is 4.98 Å². The van der Waals surface area contributed by atoms with Gasteiger partial charge in [0.1, 0.15) is 5.82 Å². The van der Waals surface area contributed by atoms with Gasteiger partial charge in [-0.1, -0.05) is 0 Å². The van der Waals surface area contributed by atoms with Crippen LogP contribution in [-0.4, -0.2) is 42.9 Å². The van der Waals surface area contributed by atoms with E-state index in [2.05, 4.69) is 15.3 Å². The molecule has 7 nitrogen and oxygen atoms in total. The maximum Gasteiger partial charge on any atom is 0.225 e. The van der Waals surface area contributed by atoms with Crippen molar-refractivity contribution in [3.63, 3.8) is 0 Å². The number of benzene rings is 1. The number of nitrogens with zero attached hydrogens (tertiary/aromatic N) is 2. The fraction of sp³-hybridized carbons (Fsp3) is 0.556. The minimum Gasteiger partial charge on any atom is -0.493 e. The van der Waals surface area contributed by atoms with Crippen LogP contribution in [0.5, 0.6) is 11.5 Å². The van der Waals surface area contributed by atoms with Crippen LogP contribution >= 0.6 is 0 Å². The predicted molar refractivity (Wildman–Crippen MR) is 96.2 cm³/mol. The SMILES string of the molecule is COc1cc2nc(NC3CCCC4OCCC34)nc(N)c2cc1OC. The molecule has 3 atom stereocenters. The van der Waals surface area contributed by atoms with Crippen molar-refractivity contribution < 1.29 is 14.2 Å². The minimum absolute atomic E-state index is 0.332. The lowest BCUT2D eigenvalue weighted by Crippen LogP contribution is -2.38. The Labute approximate surface area is 146 Å². The first-order valence-electron chi connectivity index (χ1n) is 8.77. The number of hydrogen-bond donors (Lipinski definition) is 2. The standard InChI is InChI=1S/C18H24N4O3/c1-23-15-8-11-13(9-16(15)24-2)21-18(22-17(11)19)20-12-4-3-5-14-10(12)6-7-25-14/h8-10,12,14H,3-7H2,1-2H3,(H3,19,20,21,22). The van der Waals surface area contributed by atoms with Crippen LogP contribution in [0.4, 0.5) is 11.8 Å². The summed E-state index contributed by atoms with van der Waals surface area (Å²) in [5.41, 5.74) is 6.91. The molecule has 1 saturated carbocycles. The summed E-state index contributed by atoms with van der Waals surface area (Å²) < 4.78 is 16.5. The second-order valence-corrected chi connectivity index (χ2v) is 6.70. The number of anilines is 2. The summed E-state index contributed by atoms with van der Waals surface area (Å²) in [5, 5.41) is 4.26. The summed E-state index contributed by atoms with van der Waals surface area (Å²) in [6, 6.07) is 3.98. The van der Waals surface area contributed by atoms with E-state index < -0.39 is 0 Å². The molecule has 1 saturated heterocycles. The van der Waals surface area contributed by atoms with Crippen LogP contribution in [0, 0.1) is 5.92 Å². The molecule has 0 amide bonds. The molecule has 134 valence electrons. The van der Waals surface area contributed by atoms with Gasteiger partial charge in [0.25, 0.3) is 0 Å². The summed E-state index contributed by atoms with van der Waals surface area (Å²) in [6.45, 7) is 0.852. The molecule has 2 fully saturated rings. The third-order valence-electron chi connectivity index (χ3n) is 5.33. The van der Waals surface area contributed by atoms with Crippen LogP contribution in [0.3, 0.4) is 0 Å². The Bertz CT molecular complexity index is 782.